The van der Waals surface area contributed by atoms with Gasteiger partial charge in [-0.2, -0.15) is 0 Å². The van der Waals surface area contributed by atoms with Crippen LogP contribution in [0.1, 0.15) is 6.92 Å². The number of fused-ring (bicyclic) bond motifs is 1. The van der Waals surface area contributed by atoms with Crippen LogP contribution < -0.4 is 9.47 Å². The number of carbonyl (C=O) groups excluding carboxylic acids is 1. The lowest BCUT2D eigenvalue weighted by Crippen LogP contribution is -2.03. The molecule has 0 aliphatic heterocycles. The van der Waals surface area contributed by atoms with Gasteiger partial charge in [-0.3, -0.25) is 0 Å². The first kappa shape index (κ1) is 12.2. The molecule has 0 fully saturated rings. The lowest BCUT2D eigenvalue weighted by atomic mass is 10.1. The summed E-state index contributed by atoms with van der Waals surface area (Å²) < 4.78 is 10.7. The maximum absolute atomic E-state index is 11.3. The van der Waals surface area contributed by atoms with E-state index in [1.54, 1.807) is 12.1 Å². The molecule has 0 N–H and O–H groups in total. The number of esters is 1. The second kappa shape index (κ2) is 5.36. The van der Waals surface area contributed by atoms with Crippen molar-refractivity contribution < 1.29 is 14.3 Å². The maximum Gasteiger partial charge on any atom is 0.335 e. The number of carbonyl (C=O) groups is 1. The van der Waals surface area contributed by atoms with Gasteiger partial charge in [0.25, 0.3) is 0 Å². The number of benzene rings is 2. The molecule has 0 saturated heterocycles. The first-order chi connectivity index (χ1) is 8.76. The van der Waals surface area contributed by atoms with Gasteiger partial charge >= 0.3 is 5.97 Å². The highest BCUT2D eigenvalue weighted by Gasteiger charge is 2.09. The normalized spacial score (nSPS) is 10.1. The topological polar surface area (TPSA) is 35.5 Å². The SMILES string of the molecule is C=CC(=O)Oc1ccc(OCC)c2ccccc12. The van der Waals surface area contributed by atoms with Crippen molar-refractivity contribution in [3.63, 3.8) is 0 Å². The first-order valence-electron chi connectivity index (χ1n) is 5.75. The van der Waals surface area contributed by atoms with E-state index < -0.39 is 5.97 Å². The summed E-state index contributed by atoms with van der Waals surface area (Å²) in [5.74, 6) is 0.828. The molecule has 2 aromatic carbocycles. The van der Waals surface area contributed by atoms with Crippen molar-refractivity contribution in [2.45, 2.75) is 6.92 Å². The molecule has 0 unspecified atom stereocenters. The van der Waals surface area contributed by atoms with Crippen molar-refractivity contribution in [1.29, 1.82) is 0 Å². The van der Waals surface area contributed by atoms with Gasteiger partial charge in [-0.1, -0.05) is 30.8 Å². The van der Waals surface area contributed by atoms with E-state index in [0.29, 0.717) is 12.4 Å². The summed E-state index contributed by atoms with van der Waals surface area (Å²) >= 11 is 0. The molecule has 92 valence electrons. The van der Waals surface area contributed by atoms with E-state index in [0.717, 1.165) is 22.6 Å². The zero-order chi connectivity index (χ0) is 13.0. The van der Waals surface area contributed by atoms with Crippen LogP contribution in [0.4, 0.5) is 0 Å². The molecule has 0 heterocycles. The van der Waals surface area contributed by atoms with Gasteiger partial charge in [-0.15, -0.1) is 0 Å². The van der Waals surface area contributed by atoms with Crippen LogP contribution in [0, 0.1) is 0 Å². The van der Waals surface area contributed by atoms with Gasteiger partial charge in [0.05, 0.1) is 6.61 Å². The van der Waals surface area contributed by atoms with Crippen LogP contribution in [-0.4, -0.2) is 12.6 Å². The molecule has 0 radical (unpaired) electrons. The molecule has 0 aliphatic rings. The minimum Gasteiger partial charge on any atom is -0.493 e. The van der Waals surface area contributed by atoms with Crippen molar-refractivity contribution in [1.82, 2.24) is 0 Å². The van der Waals surface area contributed by atoms with Crippen molar-refractivity contribution in [3.8, 4) is 11.5 Å². The number of rotatable bonds is 4. The van der Waals surface area contributed by atoms with Gasteiger partial charge in [-0.05, 0) is 19.1 Å². The van der Waals surface area contributed by atoms with Gasteiger partial charge in [0, 0.05) is 16.8 Å². The van der Waals surface area contributed by atoms with E-state index in [2.05, 4.69) is 6.58 Å². The minimum absolute atomic E-state index is 0.468. The van der Waals surface area contributed by atoms with Crippen molar-refractivity contribution in [3.05, 3.63) is 49.1 Å². The number of hydrogen-bond acceptors (Lipinski definition) is 3. The third-order valence-electron chi connectivity index (χ3n) is 2.52. The lowest BCUT2D eigenvalue weighted by molar-refractivity contribution is -0.128. The molecule has 18 heavy (non-hydrogen) atoms. The van der Waals surface area contributed by atoms with Crippen molar-refractivity contribution >= 4 is 16.7 Å². The van der Waals surface area contributed by atoms with Crippen molar-refractivity contribution in [2.75, 3.05) is 6.61 Å². The summed E-state index contributed by atoms with van der Waals surface area (Å²) in [6.45, 7) is 5.91. The van der Waals surface area contributed by atoms with Gasteiger partial charge in [0.15, 0.2) is 0 Å². The molecule has 0 aliphatic carbocycles. The fourth-order valence-electron chi connectivity index (χ4n) is 1.76. The van der Waals surface area contributed by atoms with Gasteiger partial charge in [-0.25, -0.2) is 4.79 Å². The molecule has 0 saturated carbocycles. The molecular formula is C15H14O3. The Morgan fingerprint density at radius 2 is 1.78 bits per heavy atom. The third kappa shape index (κ3) is 2.35. The van der Waals surface area contributed by atoms with Crippen LogP contribution in [0.3, 0.4) is 0 Å². The summed E-state index contributed by atoms with van der Waals surface area (Å²) in [5.41, 5.74) is 0. The summed E-state index contributed by atoms with van der Waals surface area (Å²) in [6.07, 6.45) is 1.14. The summed E-state index contributed by atoms with van der Waals surface area (Å²) in [4.78, 5) is 11.3. The van der Waals surface area contributed by atoms with Gasteiger partial charge < -0.3 is 9.47 Å². The third-order valence-corrected chi connectivity index (χ3v) is 2.52. The number of ether oxygens (including phenoxy) is 2. The Labute approximate surface area is 106 Å². The Morgan fingerprint density at radius 3 is 2.39 bits per heavy atom. The molecule has 0 bridgehead atoms. The highest BCUT2D eigenvalue weighted by Crippen LogP contribution is 2.33. The van der Waals surface area contributed by atoms with Crippen LogP contribution in [-0.2, 0) is 4.79 Å². The molecule has 0 amide bonds. The molecule has 0 spiro atoms. The fraction of sp³-hybridized carbons (Fsp3) is 0.133. The predicted molar refractivity (Wildman–Crippen MR) is 70.9 cm³/mol. The molecule has 3 heteroatoms. The molecule has 0 aromatic heterocycles. The first-order valence-corrected chi connectivity index (χ1v) is 5.75. The zero-order valence-electron chi connectivity index (χ0n) is 10.2. The van der Waals surface area contributed by atoms with Crippen LogP contribution in [0.25, 0.3) is 10.8 Å². The Morgan fingerprint density at radius 1 is 1.17 bits per heavy atom. The minimum atomic E-state index is -0.468. The fourth-order valence-corrected chi connectivity index (χ4v) is 1.76. The zero-order valence-corrected chi connectivity index (χ0v) is 10.2. The van der Waals surface area contributed by atoms with E-state index in [-0.39, 0.29) is 0 Å². The number of hydrogen-bond donors (Lipinski definition) is 0. The van der Waals surface area contributed by atoms with E-state index in [1.165, 1.54) is 0 Å². The second-order valence-corrected chi connectivity index (χ2v) is 3.67. The second-order valence-electron chi connectivity index (χ2n) is 3.67. The standard InChI is InChI=1S/C15H14O3/c1-3-15(16)18-14-10-9-13(17-4-2)11-7-5-6-8-12(11)14/h3,5-10H,1,4H2,2H3. The highest BCUT2D eigenvalue weighted by atomic mass is 16.5. The van der Waals surface area contributed by atoms with E-state index in [9.17, 15) is 4.79 Å². The molecule has 3 nitrogen and oxygen atoms in total. The largest absolute Gasteiger partial charge is 0.493 e. The monoisotopic (exact) mass is 242 g/mol. The quantitative estimate of drug-likeness (QED) is 0.468. The van der Waals surface area contributed by atoms with Gasteiger partial charge in [0.1, 0.15) is 11.5 Å². The van der Waals surface area contributed by atoms with E-state index >= 15 is 0 Å². The summed E-state index contributed by atoms with van der Waals surface area (Å²) in [6, 6.07) is 11.2. The molecule has 2 rings (SSSR count). The Kier molecular flexibility index (Phi) is 3.63. The smallest absolute Gasteiger partial charge is 0.335 e. The van der Waals surface area contributed by atoms with Gasteiger partial charge in [0.2, 0.25) is 0 Å². The predicted octanol–water partition coefficient (Wildman–Crippen LogP) is 3.33. The Balaban J connectivity index is 2.53. The van der Waals surface area contributed by atoms with Crippen LogP contribution >= 0.6 is 0 Å². The lowest BCUT2D eigenvalue weighted by Gasteiger charge is -2.10. The molecule has 0 atom stereocenters. The van der Waals surface area contributed by atoms with E-state index in [4.69, 9.17) is 9.47 Å². The summed E-state index contributed by atoms with van der Waals surface area (Å²) in [5, 5.41) is 1.77. The van der Waals surface area contributed by atoms with E-state index in [1.807, 2.05) is 31.2 Å². The maximum atomic E-state index is 11.3. The van der Waals surface area contributed by atoms with Crippen LogP contribution in [0.2, 0.25) is 0 Å². The molecular weight excluding hydrogens is 228 g/mol. The summed E-state index contributed by atoms with van der Waals surface area (Å²) in [7, 11) is 0. The molecule has 2 aromatic rings. The highest BCUT2D eigenvalue weighted by molar-refractivity contribution is 5.95. The Bertz CT molecular complexity index is 587. The average Bonchev–Trinajstić information content (AvgIpc) is 2.41. The average molecular weight is 242 g/mol. The van der Waals surface area contributed by atoms with Crippen LogP contribution in [0.5, 0.6) is 11.5 Å². The Hall–Kier alpha value is -2.29. The van der Waals surface area contributed by atoms with Crippen molar-refractivity contribution in [2.24, 2.45) is 0 Å². The van der Waals surface area contributed by atoms with Crippen LogP contribution in [0.15, 0.2) is 49.1 Å².